The minimum Gasteiger partial charge on any atom is -0.497 e. The average Bonchev–Trinajstić information content (AvgIpc) is 3.51. The van der Waals surface area contributed by atoms with Crippen LogP contribution in [0.1, 0.15) is 44.5 Å². The molecule has 1 unspecified atom stereocenters. The first-order valence-corrected chi connectivity index (χ1v) is 15.6. The van der Waals surface area contributed by atoms with Crippen LogP contribution in [0.4, 0.5) is 8.78 Å². The number of aryl methyl sites for hydroxylation is 2. The van der Waals surface area contributed by atoms with E-state index in [1.807, 2.05) is 31.2 Å². The smallest absolute Gasteiger partial charge is 0.254 e. The molecule has 12 heteroatoms. The topological polar surface area (TPSA) is 91.2 Å². The fraction of sp³-hybridized carbons (Fsp3) is 0.167. The lowest BCUT2D eigenvalue weighted by atomic mass is 9.93. The molecule has 244 valence electrons. The molecule has 0 aliphatic heterocycles. The fourth-order valence-corrected chi connectivity index (χ4v) is 6.06. The Morgan fingerprint density at radius 2 is 1.73 bits per heavy atom. The van der Waals surface area contributed by atoms with Crippen molar-refractivity contribution in [3.05, 3.63) is 141 Å². The molecule has 0 radical (unpaired) electrons. The van der Waals surface area contributed by atoms with Crippen LogP contribution in [0.25, 0.3) is 16.6 Å². The van der Waals surface area contributed by atoms with E-state index in [9.17, 15) is 9.18 Å². The summed E-state index contributed by atoms with van der Waals surface area (Å²) in [6.07, 6.45) is 1.51. The molecule has 2 aromatic heterocycles. The zero-order chi connectivity index (χ0) is 33.9. The van der Waals surface area contributed by atoms with Gasteiger partial charge < -0.3 is 14.8 Å². The molecule has 1 atom stereocenters. The van der Waals surface area contributed by atoms with Gasteiger partial charge in [-0.25, -0.2) is 23.4 Å². The van der Waals surface area contributed by atoms with Gasteiger partial charge in [0, 0.05) is 23.9 Å². The summed E-state index contributed by atoms with van der Waals surface area (Å²) in [5.41, 5.74) is 3.16. The highest BCUT2D eigenvalue weighted by Crippen LogP contribution is 2.35. The summed E-state index contributed by atoms with van der Waals surface area (Å²) in [5.74, 6) is -0.654. The molecular weight excluding hydrogens is 659 g/mol. The Kier molecular flexibility index (Phi) is 9.56. The van der Waals surface area contributed by atoms with Gasteiger partial charge in [-0.05, 0) is 73.0 Å². The van der Waals surface area contributed by atoms with Crippen molar-refractivity contribution in [1.82, 2.24) is 25.1 Å². The number of methoxy groups -OCH3 is 1. The molecule has 0 saturated heterocycles. The zero-order valence-corrected chi connectivity index (χ0v) is 27.6. The predicted molar refractivity (Wildman–Crippen MR) is 180 cm³/mol. The van der Waals surface area contributed by atoms with Gasteiger partial charge in [-0.1, -0.05) is 53.5 Å². The minimum absolute atomic E-state index is 0.0496. The van der Waals surface area contributed by atoms with Crippen LogP contribution in [0.5, 0.6) is 11.5 Å². The third-order valence-electron chi connectivity index (χ3n) is 7.86. The van der Waals surface area contributed by atoms with Gasteiger partial charge in [-0.3, -0.25) is 4.79 Å². The van der Waals surface area contributed by atoms with Crippen molar-refractivity contribution in [2.75, 3.05) is 13.7 Å². The lowest BCUT2D eigenvalue weighted by Gasteiger charge is -2.21. The summed E-state index contributed by atoms with van der Waals surface area (Å²) in [6.45, 7) is 3.72. The molecule has 4 aromatic carbocycles. The Bertz CT molecular complexity index is 2120. The number of pyridine rings is 1. The number of hydrogen-bond donors (Lipinski definition) is 1. The van der Waals surface area contributed by atoms with Crippen LogP contribution in [0, 0.1) is 25.5 Å². The third kappa shape index (κ3) is 6.95. The highest BCUT2D eigenvalue weighted by atomic mass is 35.5. The monoisotopic (exact) mass is 687 g/mol. The van der Waals surface area contributed by atoms with Crippen molar-refractivity contribution in [2.24, 2.45) is 0 Å². The molecule has 8 nitrogen and oxygen atoms in total. The van der Waals surface area contributed by atoms with Crippen molar-refractivity contribution >= 4 is 40.0 Å². The van der Waals surface area contributed by atoms with Crippen LogP contribution in [0.2, 0.25) is 10.0 Å². The Morgan fingerprint density at radius 1 is 0.979 bits per heavy atom. The largest absolute Gasteiger partial charge is 0.497 e. The zero-order valence-electron chi connectivity index (χ0n) is 26.1. The van der Waals surface area contributed by atoms with Crippen LogP contribution in [-0.2, 0) is 6.61 Å². The maximum Gasteiger partial charge on any atom is 0.254 e. The van der Waals surface area contributed by atoms with Crippen molar-refractivity contribution in [3.63, 3.8) is 0 Å². The van der Waals surface area contributed by atoms with E-state index in [-0.39, 0.29) is 34.3 Å². The first-order valence-electron chi connectivity index (χ1n) is 14.9. The number of hydrogen-bond acceptors (Lipinski definition) is 6. The van der Waals surface area contributed by atoms with Crippen molar-refractivity contribution in [2.45, 2.75) is 26.4 Å². The third-order valence-corrected chi connectivity index (χ3v) is 8.45. The number of nitrogens with zero attached hydrogens (tertiary/aromatic N) is 4. The quantitative estimate of drug-likeness (QED) is 0.156. The summed E-state index contributed by atoms with van der Waals surface area (Å²) >= 11 is 13.1. The molecule has 0 fully saturated rings. The number of carbonyl (C=O) groups is 1. The molecule has 48 heavy (non-hydrogen) atoms. The summed E-state index contributed by atoms with van der Waals surface area (Å²) in [4.78, 5) is 22.4. The van der Waals surface area contributed by atoms with E-state index in [0.29, 0.717) is 39.7 Å². The number of amides is 1. The van der Waals surface area contributed by atoms with E-state index >= 15 is 4.39 Å². The number of rotatable bonds is 10. The molecule has 0 saturated carbocycles. The highest BCUT2D eigenvalue weighted by molar-refractivity contribution is 6.40. The molecule has 1 amide bonds. The number of halogens is 4. The SMILES string of the molecule is COc1ccc(COc2cc(C(CNC(=O)c3c(Cl)cc(-n4cnc(C)n4)cc3Cl)c3cccc(F)c3)nc3c(F)ccc(C)c23)cc1. The number of ether oxygens (including phenoxy) is 2. The van der Waals surface area contributed by atoms with E-state index in [1.54, 1.807) is 50.4 Å². The molecule has 0 aliphatic carbocycles. The van der Waals surface area contributed by atoms with Gasteiger partial charge in [0.1, 0.15) is 47.4 Å². The molecule has 6 aromatic rings. The summed E-state index contributed by atoms with van der Waals surface area (Å²) in [5, 5.41) is 7.83. The summed E-state index contributed by atoms with van der Waals surface area (Å²) in [6, 6.07) is 21.2. The number of fused-ring (bicyclic) bond motifs is 1. The molecule has 0 spiro atoms. The second-order valence-electron chi connectivity index (χ2n) is 11.1. The van der Waals surface area contributed by atoms with E-state index < -0.39 is 23.5 Å². The van der Waals surface area contributed by atoms with Gasteiger partial charge in [0.25, 0.3) is 5.91 Å². The van der Waals surface area contributed by atoms with Gasteiger partial charge in [0.2, 0.25) is 0 Å². The standard InChI is InChI=1S/C36H29Cl2F2N5O3/c1-20-7-12-30(40)35-33(20)32(48-18-22-8-10-26(47-3)11-9-22)16-31(43-35)27(23-5-4-6-24(39)13-23)17-41-36(46)34-28(37)14-25(15-29(34)38)45-19-42-21(2)44-45/h4-16,19,27H,17-18H2,1-3H3,(H,41,46). The van der Waals surface area contributed by atoms with Gasteiger partial charge in [-0.2, -0.15) is 5.10 Å². The normalized spacial score (nSPS) is 11.8. The number of carbonyl (C=O) groups excluding carboxylic acids is 1. The van der Waals surface area contributed by atoms with Crippen LogP contribution in [0.15, 0.2) is 85.2 Å². The van der Waals surface area contributed by atoms with E-state index in [4.69, 9.17) is 37.7 Å². The van der Waals surface area contributed by atoms with Gasteiger partial charge >= 0.3 is 0 Å². The van der Waals surface area contributed by atoms with Gasteiger partial charge in [0.05, 0.1) is 34.1 Å². The minimum atomic E-state index is -0.716. The van der Waals surface area contributed by atoms with Crippen molar-refractivity contribution in [1.29, 1.82) is 0 Å². The van der Waals surface area contributed by atoms with Crippen LogP contribution < -0.4 is 14.8 Å². The van der Waals surface area contributed by atoms with Crippen molar-refractivity contribution in [3.8, 4) is 17.2 Å². The second-order valence-corrected chi connectivity index (χ2v) is 11.9. The lowest BCUT2D eigenvalue weighted by molar-refractivity contribution is 0.0952. The Hall–Kier alpha value is -5.06. The fourth-order valence-electron chi connectivity index (χ4n) is 5.41. The van der Waals surface area contributed by atoms with E-state index in [2.05, 4.69) is 15.4 Å². The summed E-state index contributed by atoms with van der Waals surface area (Å²) in [7, 11) is 1.59. The van der Waals surface area contributed by atoms with Crippen LogP contribution in [0.3, 0.4) is 0 Å². The molecule has 2 heterocycles. The van der Waals surface area contributed by atoms with Gasteiger partial charge in [0.15, 0.2) is 0 Å². The summed E-state index contributed by atoms with van der Waals surface area (Å²) < 4.78 is 43.0. The predicted octanol–water partition coefficient (Wildman–Crippen LogP) is 8.17. The molecule has 1 N–H and O–H groups in total. The molecule has 6 rings (SSSR count). The Balaban J connectivity index is 1.36. The van der Waals surface area contributed by atoms with Crippen molar-refractivity contribution < 1.29 is 23.0 Å². The second kappa shape index (κ2) is 14.0. The van der Waals surface area contributed by atoms with E-state index in [0.717, 1.165) is 11.1 Å². The molecular formula is C36H29Cl2F2N5O3. The highest BCUT2D eigenvalue weighted by Gasteiger charge is 2.24. The Labute approximate surface area is 285 Å². The van der Waals surface area contributed by atoms with Crippen LogP contribution >= 0.6 is 23.2 Å². The number of aromatic nitrogens is 4. The molecule has 0 aliphatic rings. The van der Waals surface area contributed by atoms with Crippen LogP contribution in [-0.4, -0.2) is 39.3 Å². The first kappa shape index (κ1) is 32.9. The first-order chi connectivity index (χ1) is 23.1. The number of benzene rings is 4. The maximum absolute atomic E-state index is 15.4. The average molecular weight is 689 g/mol. The Morgan fingerprint density at radius 3 is 2.40 bits per heavy atom. The molecule has 0 bridgehead atoms. The lowest BCUT2D eigenvalue weighted by Crippen LogP contribution is -2.30. The number of nitrogens with one attached hydrogen (secondary N) is 1. The van der Waals surface area contributed by atoms with Gasteiger partial charge in [-0.15, -0.1) is 0 Å². The maximum atomic E-state index is 15.4. The van der Waals surface area contributed by atoms with E-state index in [1.165, 1.54) is 29.2 Å².